The highest BCUT2D eigenvalue weighted by atomic mass is 19.1. The lowest BCUT2D eigenvalue weighted by Crippen LogP contribution is -2.38. The van der Waals surface area contributed by atoms with E-state index in [1.807, 2.05) is 27.7 Å². The molecule has 0 fully saturated rings. The lowest BCUT2D eigenvalue weighted by molar-refractivity contribution is 0.0506. The Kier molecular flexibility index (Phi) is 6.61. The molecule has 1 rings (SSSR count). The second kappa shape index (κ2) is 7.98. The number of halogens is 1. The Morgan fingerprint density at radius 2 is 2.09 bits per heavy atom. The summed E-state index contributed by atoms with van der Waals surface area (Å²) in [5.41, 5.74) is -0.00972. The highest BCUT2D eigenvalue weighted by molar-refractivity contribution is 5.67. The van der Waals surface area contributed by atoms with Gasteiger partial charge in [-0.2, -0.15) is 0 Å². The number of ether oxygens (including phenoxy) is 1. The molecule has 3 N–H and O–H groups in total. The summed E-state index contributed by atoms with van der Waals surface area (Å²) < 4.78 is 18.2. The van der Waals surface area contributed by atoms with Gasteiger partial charge < -0.3 is 20.5 Å². The summed E-state index contributed by atoms with van der Waals surface area (Å²) in [4.78, 5) is 11.6. The van der Waals surface area contributed by atoms with Crippen molar-refractivity contribution < 1.29 is 19.0 Å². The molecule has 22 heavy (non-hydrogen) atoms. The van der Waals surface area contributed by atoms with Gasteiger partial charge in [-0.3, -0.25) is 0 Å². The summed E-state index contributed by atoms with van der Waals surface area (Å²) in [5.74, 6) is -0.316. The molecule has 1 aromatic rings. The van der Waals surface area contributed by atoms with Crippen LogP contribution in [0.2, 0.25) is 0 Å². The molecule has 124 valence electrons. The minimum Gasteiger partial charge on any atom is -0.508 e. The molecule has 0 spiro atoms. The van der Waals surface area contributed by atoms with Crippen LogP contribution < -0.4 is 10.6 Å². The summed E-state index contributed by atoms with van der Waals surface area (Å²) in [6, 6.07) is 3.79. The van der Waals surface area contributed by atoms with Gasteiger partial charge in [-0.05, 0) is 58.9 Å². The predicted molar refractivity (Wildman–Crippen MR) is 83.2 cm³/mol. The number of amides is 1. The van der Waals surface area contributed by atoms with Crippen LogP contribution in [0.3, 0.4) is 0 Å². The maximum Gasteiger partial charge on any atom is 0.407 e. The highest BCUT2D eigenvalue weighted by Crippen LogP contribution is 2.17. The summed E-state index contributed by atoms with van der Waals surface area (Å²) in [7, 11) is 0. The SMILES string of the molecule is CC(CCNCc1cc(F)ccc1O)NC(=O)OC(C)(C)C. The van der Waals surface area contributed by atoms with Gasteiger partial charge in [-0.15, -0.1) is 0 Å². The van der Waals surface area contributed by atoms with Gasteiger partial charge in [0.1, 0.15) is 17.2 Å². The molecule has 0 bridgehead atoms. The molecule has 0 aromatic heterocycles. The molecular formula is C16H25FN2O3. The maximum atomic E-state index is 13.1. The van der Waals surface area contributed by atoms with Crippen molar-refractivity contribution in [1.29, 1.82) is 0 Å². The van der Waals surface area contributed by atoms with Crippen molar-refractivity contribution in [2.45, 2.75) is 52.3 Å². The van der Waals surface area contributed by atoms with E-state index >= 15 is 0 Å². The number of carbonyl (C=O) groups excluding carboxylic acids is 1. The fourth-order valence-corrected chi connectivity index (χ4v) is 1.82. The first kappa shape index (κ1) is 18.2. The Balaban J connectivity index is 2.26. The number of benzene rings is 1. The third kappa shape index (κ3) is 7.26. The average molecular weight is 312 g/mol. The van der Waals surface area contributed by atoms with Crippen LogP contribution in [-0.2, 0) is 11.3 Å². The Morgan fingerprint density at radius 3 is 2.73 bits per heavy atom. The zero-order chi connectivity index (χ0) is 16.8. The number of phenolic OH excluding ortho intramolecular Hbond substituents is 1. The minimum atomic E-state index is -0.517. The van der Waals surface area contributed by atoms with Crippen molar-refractivity contribution in [2.24, 2.45) is 0 Å². The average Bonchev–Trinajstić information content (AvgIpc) is 2.36. The van der Waals surface area contributed by atoms with Crippen LogP contribution in [-0.4, -0.2) is 29.4 Å². The van der Waals surface area contributed by atoms with Crippen LogP contribution in [0, 0.1) is 5.82 Å². The van der Waals surface area contributed by atoms with Gasteiger partial charge in [0.2, 0.25) is 0 Å². The van der Waals surface area contributed by atoms with E-state index in [1.54, 1.807) is 0 Å². The number of rotatable bonds is 6. The molecule has 1 amide bonds. The van der Waals surface area contributed by atoms with E-state index in [0.717, 1.165) is 0 Å². The van der Waals surface area contributed by atoms with Gasteiger partial charge >= 0.3 is 6.09 Å². The first-order valence-electron chi connectivity index (χ1n) is 7.35. The predicted octanol–water partition coefficient (Wildman–Crippen LogP) is 2.92. The van der Waals surface area contributed by atoms with Gasteiger partial charge in [-0.1, -0.05) is 0 Å². The fourth-order valence-electron chi connectivity index (χ4n) is 1.82. The molecule has 1 atom stereocenters. The standard InChI is InChI=1S/C16H25FN2O3/c1-11(19-15(21)22-16(2,3)4)7-8-18-10-12-9-13(17)5-6-14(12)20/h5-6,9,11,18,20H,7-8,10H2,1-4H3,(H,19,21). The third-order valence-corrected chi connectivity index (χ3v) is 2.87. The number of nitrogens with one attached hydrogen (secondary N) is 2. The van der Waals surface area contributed by atoms with E-state index in [4.69, 9.17) is 4.74 Å². The van der Waals surface area contributed by atoms with Crippen molar-refractivity contribution >= 4 is 6.09 Å². The van der Waals surface area contributed by atoms with Gasteiger partial charge in [-0.25, -0.2) is 9.18 Å². The molecule has 5 nitrogen and oxygen atoms in total. The first-order chi connectivity index (χ1) is 10.2. The van der Waals surface area contributed by atoms with Crippen molar-refractivity contribution in [3.63, 3.8) is 0 Å². The van der Waals surface area contributed by atoms with E-state index in [2.05, 4.69) is 10.6 Å². The zero-order valence-corrected chi connectivity index (χ0v) is 13.6. The zero-order valence-electron chi connectivity index (χ0n) is 13.6. The number of alkyl carbamates (subject to hydrolysis) is 1. The second-order valence-electron chi connectivity index (χ2n) is 6.29. The molecule has 0 saturated heterocycles. The molecule has 0 saturated carbocycles. The summed E-state index contributed by atoms with van der Waals surface area (Å²) in [6.45, 7) is 8.29. The van der Waals surface area contributed by atoms with Crippen LogP contribution in [0.5, 0.6) is 5.75 Å². The topological polar surface area (TPSA) is 70.6 Å². The van der Waals surface area contributed by atoms with Crippen LogP contribution in [0.1, 0.15) is 39.7 Å². The second-order valence-corrected chi connectivity index (χ2v) is 6.29. The van der Waals surface area contributed by atoms with Gasteiger partial charge in [0.25, 0.3) is 0 Å². The van der Waals surface area contributed by atoms with Crippen molar-refractivity contribution in [3.05, 3.63) is 29.6 Å². The van der Waals surface area contributed by atoms with E-state index < -0.39 is 11.7 Å². The summed E-state index contributed by atoms with van der Waals surface area (Å²) in [6.07, 6.45) is 0.248. The summed E-state index contributed by atoms with van der Waals surface area (Å²) >= 11 is 0. The number of phenols is 1. The molecule has 0 heterocycles. The van der Waals surface area contributed by atoms with Crippen LogP contribution >= 0.6 is 0 Å². The van der Waals surface area contributed by atoms with Crippen molar-refractivity contribution in [3.8, 4) is 5.75 Å². The van der Waals surface area contributed by atoms with E-state index in [1.165, 1.54) is 18.2 Å². The number of hydrogen-bond acceptors (Lipinski definition) is 4. The molecule has 0 aliphatic rings. The number of aromatic hydroxyl groups is 1. The lowest BCUT2D eigenvalue weighted by atomic mass is 10.2. The molecule has 1 aromatic carbocycles. The summed E-state index contributed by atoms with van der Waals surface area (Å²) in [5, 5.41) is 15.4. The third-order valence-electron chi connectivity index (χ3n) is 2.87. The van der Waals surface area contributed by atoms with Crippen molar-refractivity contribution in [2.75, 3.05) is 6.54 Å². The highest BCUT2D eigenvalue weighted by Gasteiger charge is 2.17. The van der Waals surface area contributed by atoms with Gasteiger partial charge in [0.05, 0.1) is 0 Å². The normalized spacial score (nSPS) is 12.8. The lowest BCUT2D eigenvalue weighted by Gasteiger charge is -2.22. The number of carbonyl (C=O) groups is 1. The molecule has 0 aliphatic carbocycles. The Hall–Kier alpha value is -1.82. The van der Waals surface area contributed by atoms with E-state index in [9.17, 15) is 14.3 Å². The Labute approximate surface area is 130 Å². The van der Waals surface area contributed by atoms with Crippen LogP contribution in [0.15, 0.2) is 18.2 Å². The van der Waals surface area contributed by atoms with Crippen LogP contribution in [0.25, 0.3) is 0 Å². The maximum absolute atomic E-state index is 13.1. The quantitative estimate of drug-likeness (QED) is 0.706. The monoisotopic (exact) mass is 312 g/mol. The molecular weight excluding hydrogens is 287 g/mol. The molecule has 1 unspecified atom stereocenters. The Morgan fingerprint density at radius 1 is 1.41 bits per heavy atom. The fraction of sp³-hybridized carbons (Fsp3) is 0.562. The minimum absolute atomic E-state index is 0.0524. The molecule has 0 radical (unpaired) electrons. The molecule has 6 heteroatoms. The van der Waals surface area contributed by atoms with E-state index in [0.29, 0.717) is 25.1 Å². The van der Waals surface area contributed by atoms with Crippen LogP contribution in [0.4, 0.5) is 9.18 Å². The van der Waals surface area contributed by atoms with Gasteiger partial charge in [0.15, 0.2) is 0 Å². The van der Waals surface area contributed by atoms with Crippen molar-refractivity contribution in [1.82, 2.24) is 10.6 Å². The van der Waals surface area contributed by atoms with E-state index in [-0.39, 0.29) is 17.6 Å². The largest absolute Gasteiger partial charge is 0.508 e. The Bertz CT molecular complexity index is 501. The molecule has 0 aliphatic heterocycles. The first-order valence-corrected chi connectivity index (χ1v) is 7.35. The van der Waals surface area contributed by atoms with Gasteiger partial charge in [0, 0.05) is 18.2 Å². The smallest absolute Gasteiger partial charge is 0.407 e. The number of hydrogen-bond donors (Lipinski definition) is 3.